The van der Waals surface area contributed by atoms with Crippen molar-refractivity contribution in [1.82, 2.24) is 4.98 Å². The molecule has 0 aliphatic rings. The Morgan fingerprint density at radius 3 is 2.92 bits per heavy atom. The van der Waals surface area contributed by atoms with E-state index in [1.165, 1.54) is 19.4 Å². The molecule has 0 saturated carbocycles. The molecule has 1 aromatic heterocycles. The van der Waals surface area contributed by atoms with E-state index in [0.717, 1.165) is 0 Å². The number of nitrogen functional groups attached to an aromatic ring is 1. The summed E-state index contributed by atoms with van der Waals surface area (Å²) in [4.78, 5) is 14.6. The summed E-state index contributed by atoms with van der Waals surface area (Å²) < 4.78 is 4.43. The Hall–Kier alpha value is -1.52. The number of nitrogens with two attached hydrogens (primary N) is 1. The zero-order chi connectivity index (χ0) is 9.14. The van der Waals surface area contributed by atoms with Crippen LogP contribution >= 0.6 is 0 Å². The first-order chi connectivity index (χ1) is 5.65. The molecule has 0 fully saturated rings. The maximum atomic E-state index is 10.9. The second kappa shape index (κ2) is 3.25. The molecule has 1 heterocycles. The second-order valence-corrected chi connectivity index (χ2v) is 2.19. The number of rotatable bonds is 1. The SMILES string of the molecule is [B]c1cnc(C(=O)OC)cc1N. The van der Waals surface area contributed by atoms with E-state index in [2.05, 4.69) is 9.72 Å². The van der Waals surface area contributed by atoms with Crippen LogP contribution in [0.2, 0.25) is 0 Å². The van der Waals surface area contributed by atoms with Gasteiger partial charge in [-0.15, -0.1) is 0 Å². The highest BCUT2D eigenvalue weighted by molar-refractivity contribution is 6.35. The van der Waals surface area contributed by atoms with Crippen LogP contribution in [-0.2, 0) is 4.74 Å². The maximum Gasteiger partial charge on any atom is 0.356 e. The molecule has 0 spiro atoms. The van der Waals surface area contributed by atoms with Crippen molar-refractivity contribution in [3.05, 3.63) is 18.0 Å². The van der Waals surface area contributed by atoms with Gasteiger partial charge in [-0.1, -0.05) is 5.46 Å². The molecule has 1 rings (SSSR count). The van der Waals surface area contributed by atoms with E-state index in [4.69, 9.17) is 13.6 Å². The Morgan fingerprint density at radius 1 is 1.75 bits per heavy atom. The van der Waals surface area contributed by atoms with Gasteiger partial charge >= 0.3 is 5.97 Å². The lowest BCUT2D eigenvalue weighted by Gasteiger charge is -2.01. The van der Waals surface area contributed by atoms with Crippen LogP contribution in [0.25, 0.3) is 0 Å². The van der Waals surface area contributed by atoms with Gasteiger partial charge in [-0.3, -0.25) is 0 Å². The van der Waals surface area contributed by atoms with E-state index in [1.54, 1.807) is 0 Å². The van der Waals surface area contributed by atoms with Crippen molar-refractivity contribution in [1.29, 1.82) is 0 Å². The number of carbonyl (C=O) groups excluding carboxylic acids is 1. The van der Waals surface area contributed by atoms with Crippen LogP contribution in [0.3, 0.4) is 0 Å². The molecule has 0 aromatic carbocycles. The largest absolute Gasteiger partial charge is 0.464 e. The van der Waals surface area contributed by atoms with Gasteiger partial charge in [0.2, 0.25) is 0 Å². The third-order valence-electron chi connectivity index (χ3n) is 1.36. The Morgan fingerprint density at radius 2 is 2.42 bits per heavy atom. The predicted octanol–water partition coefficient (Wildman–Crippen LogP) is -0.756. The van der Waals surface area contributed by atoms with E-state index in [0.29, 0.717) is 11.2 Å². The van der Waals surface area contributed by atoms with Crippen LogP contribution < -0.4 is 11.2 Å². The molecular weight excluding hydrogens is 155 g/mol. The Balaban J connectivity index is 3.05. The Labute approximate surface area is 71.1 Å². The Bertz CT molecular complexity index is 314. The molecule has 2 radical (unpaired) electrons. The van der Waals surface area contributed by atoms with Gasteiger partial charge in [0.25, 0.3) is 0 Å². The number of hydrogen-bond acceptors (Lipinski definition) is 4. The standard InChI is InChI=1S/C7H7BN2O2/c1-12-7(11)6-2-5(9)4(8)3-10-6/h2-3H,1H3,(H2,9,10). The minimum absolute atomic E-state index is 0.157. The zero-order valence-electron chi connectivity index (χ0n) is 6.57. The van der Waals surface area contributed by atoms with Crippen LogP contribution in [0, 0.1) is 0 Å². The fraction of sp³-hybridized carbons (Fsp3) is 0.143. The van der Waals surface area contributed by atoms with E-state index < -0.39 is 5.97 Å². The van der Waals surface area contributed by atoms with Crippen molar-refractivity contribution in [3.63, 3.8) is 0 Å². The summed E-state index contributed by atoms with van der Waals surface area (Å²) >= 11 is 0. The number of carbonyl (C=O) groups is 1. The van der Waals surface area contributed by atoms with Crippen LogP contribution in [0.1, 0.15) is 10.5 Å². The summed E-state index contributed by atoms with van der Waals surface area (Å²) in [5.74, 6) is -0.526. The minimum atomic E-state index is -0.526. The van der Waals surface area contributed by atoms with Crippen LogP contribution in [0.5, 0.6) is 0 Å². The first kappa shape index (κ1) is 8.58. The monoisotopic (exact) mass is 162 g/mol. The van der Waals surface area contributed by atoms with Gasteiger partial charge in [0.05, 0.1) is 7.11 Å². The predicted molar refractivity (Wildman–Crippen MR) is 45.4 cm³/mol. The number of hydrogen-bond donors (Lipinski definition) is 1. The summed E-state index contributed by atoms with van der Waals surface area (Å²) in [5, 5.41) is 0. The molecule has 0 unspecified atom stereocenters. The number of esters is 1. The quantitative estimate of drug-likeness (QED) is 0.435. The number of pyridine rings is 1. The lowest BCUT2D eigenvalue weighted by molar-refractivity contribution is 0.0594. The average Bonchev–Trinajstić information content (AvgIpc) is 2.08. The van der Waals surface area contributed by atoms with E-state index >= 15 is 0 Å². The minimum Gasteiger partial charge on any atom is -0.464 e. The van der Waals surface area contributed by atoms with Gasteiger partial charge in [0.1, 0.15) is 13.5 Å². The normalized spacial score (nSPS) is 9.42. The third kappa shape index (κ3) is 1.55. The molecule has 4 nitrogen and oxygen atoms in total. The average molecular weight is 162 g/mol. The topological polar surface area (TPSA) is 65.2 Å². The Kier molecular flexibility index (Phi) is 2.33. The first-order valence-electron chi connectivity index (χ1n) is 3.24. The van der Waals surface area contributed by atoms with Crippen molar-refractivity contribution in [3.8, 4) is 0 Å². The highest BCUT2D eigenvalue weighted by atomic mass is 16.5. The van der Waals surface area contributed by atoms with Crippen molar-refractivity contribution in [2.24, 2.45) is 0 Å². The summed E-state index contributed by atoms with van der Waals surface area (Å²) in [6, 6.07) is 1.38. The number of ether oxygens (including phenoxy) is 1. The number of anilines is 1. The number of aromatic nitrogens is 1. The highest BCUT2D eigenvalue weighted by Crippen LogP contribution is 2.00. The van der Waals surface area contributed by atoms with Crippen molar-refractivity contribution < 1.29 is 9.53 Å². The highest BCUT2D eigenvalue weighted by Gasteiger charge is 2.07. The molecule has 0 aliphatic heterocycles. The molecule has 2 N–H and O–H groups in total. The molecule has 5 heteroatoms. The maximum absolute atomic E-state index is 10.9. The van der Waals surface area contributed by atoms with Crippen LogP contribution in [0.4, 0.5) is 5.69 Å². The summed E-state index contributed by atoms with van der Waals surface area (Å²) in [6.45, 7) is 0. The molecule has 1 aromatic rings. The molecule has 0 saturated heterocycles. The number of methoxy groups -OCH3 is 1. The van der Waals surface area contributed by atoms with Crippen molar-refractivity contribution in [2.45, 2.75) is 0 Å². The summed E-state index contributed by atoms with van der Waals surface area (Å²) in [6.07, 6.45) is 1.32. The first-order valence-corrected chi connectivity index (χ1v) is 3.24. The fourth-order valence-corrected chi connectivity index (χ4v) is 0.698. The lowest BCUT2D eigenvalue weighted by atomic mass is 9.96. The molecule has 60 valence electrons. The fourth-order valence-electron chi connectivity index (χ4n) is 0.698. The van der Waals surface area contributed by atoms with E-state index in [-0.39, 0.29) is 5.69 Å². The van der Waals surface area contributed by atoms with Gasteiger partial charge < -0.3 is 10.5 Å². The van der Waals surface area contributed by atoms with Gasteiger partial charge in [0, 0.05) is 11.9 Å². The molecule has 0 atom stereocenters. The van der Waals surface area contributed by atoms with Gasteiger partial charge in [-0.25, -0.2) is 9.78 Å². The molecule has 12 heavy (non-hydrogen) atoms. The summed E-state index contributed by atoms with van der Waals surface area (Å²) in [7, 11) is 6.67. The van der Waals surface area contributed by atoms with Gasteiger partial charge in [-0.05, 0) is 6.07 Å². The molecule has 0 amide bonds. The lowest BCUT2D eigenvalue weighted by Crippen LogP contribution is -2.14. The van der Waals surface area contributed by atoms with Gasteiger partial charge in [-0.2, -0.15) is 0 Å². The van der Waals surface area contributed by atoms with E-state index in [1.807, 2.05) is 0 Å². The van der Waals surface area contributed by atoms with Gasteiger partial charge in [0.15, 0.2) is 0 Å². The molecular formula is C7H7BN2O2. The van der Waals surface area contributed by atoms with Crippen LogP contribution in [0.15, 0.2) is 12.3 Å². The van der Waals surface area contributed by atoms with Crippen molar-refractivity contribution in [2.75, 3.05) is 12.8 Å². The van der Waals surface area contributed by atoms with Crippen molar-refractivity contribution >= 4 is 25.0 Å². The van der Waals surface area contributed by atoms with E-state index in [9.17, 15) is 4.79 Å². The van der Waals surface area contributed by atoms with Crippen LogP contribution in [-0.4, -0.2) is 25.9 Å². The smallest absolute Gasteiger partial charge is 0.356 e. The third-order valence-corrected chi connectivity index (χ3v) is 1.36. The molecule has 0 bridgehead atoms. The number of nitrogens with zero attached hydrogens (tertiary/aromatic N) is 1. The zero-order valence-corrected chi connectivity index (χ0v) is 6.57. The second-order valence-electron chi connectivity index (χ2n) is 2.19. The summed E-state index contributed by atoms with van der Waals surface area (Å²) in [5.41, 5.74) is 6.27. The molecule has 0 aliphatic carbocycles.